The molecule has 7 heteroatoms. The summed E-state index contributed by atoms with van der Waals surface area (Å²) in [6.07, 6.45) is 2.97. The summed E-state index contributed by atoms with van der Waals surface area (Å²) in [4.78, 5) is 39.5. The van der Waals surface area contributed by atoms with E-state index in [4.69, 9.17) is 0 Å². The van der Waals surface area contributed by atoms with Gasteiger partial charge in [-0.25, -0.2) is 0 Å². The van der Waals surface area contributed by atoms with Crippen LogP contribution in [-0.2, 0) is 0 Å². The minimum atomic E-state index is -0.480. The second-order valence-electron chi connectivity index (χ2n) is 4.33. The zero-order chi connectivity index (χ0) is 14.8. The van der Waals surface area contributed by atoms with E-state index in [9.17, 15) is 14.4 Å². The van der Waals surface area contributed by atoms with E-state index in [1.807, 2.05) is 0 Å². The molecular formula is C14H10N4O3. The molecule has 3 N–H and O–H groups in total. The fourth-order valence-corrected chi connectivity index (χ4v) is 2.03. The number of pyridine rings is 1. The highest BCUT2D eigenvalue weighted by Gasteiger charge is 2.11. The second kappa shape index (κ2) is 5.04. The molecule has 3 rings (SSSR count). The molecule has 104 valence electrons. The number of carbonyl (C=O) groups excluding carboxylic acids is 1. The van der Waals surface area contributed by atoms with E-state index in [0.29, 0.717) is 5.56 Å². The molecule has 0 radical (unpaired) electrons. The van der Waals surface area contributed by atoms with Crippen molar-refractivity contribution in [3.63, 3.8) is 0 Å². The van der Waals surface area contributed by atoms with Gasteiger partial charge in [0.2, 0.25) is 0 Å². The topological polar surface area (TPSA) is 108 Å². The summed E-state index contributed by atoms with van der Waals surface area (Å²) in [7, 11) is 0. The first-order valence-corrected chi connectivity index (χ1v) is 6.12. The van der Waals surface area contributed by atoms with E-state index < -0.39 is 17.0 Å². The number of anilines is 1. The maximum absolute atomic E-state index is 12.1. The van der Waals surface area contributed by atoms with Gasteiger partial charge in [0, 0.05) is 12.4 Å². The van der Waals surface area contributed by atoms with Crippen LogP contribution in [-0.4, -0.2) is 21.1 Å². The zero-order valence-corrected chi connectivity index (χ0v) is 10.7. The van der Waals surface area contributed by atoms with Gasteiger partial charge in [-0.15, -0.1) is 0 Å². The van der Waals surface area contributed by atoms with Gasteiger partial charge in [0.15, 0.2) is 0 Å². The molecule has 2 heterocycles. The number of nitrogens with zero attached hydrogens (tertiary/aromatic N) is 1. The molecule has 21 heavy (non-hydrogen) atoms. The number of amides is 1. The largest absolute Gasteiger partial charge is 0.321 e. The molecule has 0 saturated carbocycles. The number of nitrogens with one attached hydrogen (secondary N) is 3. The molecule has 0 unspecified atom stereocenters. The van der Waals surface area contributed by atoms with E-state index in [2.05, 4.69) is 20.5 Å². The summed E-state index contributed by atoms with van der Waals surface area (Å²) in [5.74, 6) is -0.407. The number of carbonyl (C=O) groups is 1. The van der Waals surface area contributed by atoms with Gasteiger partial charge in [-0.3, -0.25) is 29.6 Å². The molecular weight excluding hydrogens is 272 g/mol. The van der Waals surface area contributed by atoms with Crippen LogP contribution in [0.1, 0.15) is 10.4 Å². The monoisotopic (exact) mass is 282 g/mol. The first-order chi connectivity index (χ1) is 10.2. The Labute approximate surface area is 117 Å². The normalized spacial score (nSPS) is 10.5. The van der Waals surface area contributed by atoms with Crippen LogP contribution in [0.3, 0.4) is 0 Å². The Morgan fingerprint density at radius 2 is 1.86 bits per heavy atom. The van der Waals surface area contributed by atoms with Crippen LogP contribution in [0.5, 0.6) is 0 Å². The number of hydrogen-bond acceptors (Lipinski definition) is 4. The maximum Gasteiger partial charge on any atom is 0.272 e. The molecule has 0 atom stereocenters. The highest BCUT2D eigenvalue weighted by atomic mass is 16.2. The standard InChI is InChI=1S/C14H10N4O3/c19-12(8-3-2-6-15-7-8)16-10-5-1-4-9-11(10)14(21)18-17-13(9)20/h1-7H,(H,16,19)(H,17,20)(H,18,21). The number of hydrogen-bond donors (Lipinski definition) is 3. The number of H-pyrrole nitrogens is 2. The van der Waals surface area contributed by atoms with Gasteiger partial charge in [0.05, 0.1) is 22.0 Å². The van der Waals surface area contributed by atoms with Crippen LogP contribution in [0.25, 0.3) is 10.8 Å². The minimum Gasteiger partial charge on any atom is -0.321 e. The maximum atomic E-state index is 12.1. The Bertz CT molecular complexity index is 928. The Balaban J connectivity index is 2.10. The van der Waals surface area contributed by atoms with Crippen molar-refractivity contribution in [1.82, 2.24) is 15.2 Å². The smallest absolute Gasteiger partial charge is 0.272 e. The zero-order valence-electron chi connectivity index (χ0n) is 10.7. The molecule has 1 aromatic carbocycles. The molecule has 0 spiro atoms. The third-order valence-corrected chi connectivity index (χ3v) is 3.00. The minimum absolute atomic E-state index is 0.137. The molecule has 0 aliphatic carbocycles. The lowest BCUT2D eigenvalue weighted by Gasteiger charge is -2.07. The summed E-state index contributed by atoms with van der Waals surface area (Å²) >= 11 is 0. The Morgan fingerprint density at radius 3 is 2.62 bits per heavy atom. The summed E-state index contributed by atoms with van der Waals surface area (Å²) in [5, 5.41) is 7.44. The van der Waals surface area contributed by atoms with Crippen molar-refractivity contribution in [2.24, 2.45) is 0 Å². The average molecular weight is 282 g/mol. The van der Waals surface area contributed by atoms with Crippen molar-refractivity contribution in [2.45, 2.75) is 0 Å². The van der Waals surface area contributed by atoms with E-state index in [0.717, 1.165) is 0 Å². The van der Waals surface area contributed by atoms with E-state index in [1.54, 1.807) is 30.5 Å². The SMILES string of the molecule is O=C(Nc1cccc2c(=O)[nH][nH]c(=O)c12)c1cccnc1. The molecule has 7 nitrogen and oxygen atoms in total. The van der Waals surface area contributed by atoms with Gasteiger partial charge in [0.1, 0.15) is 0 Å². The fourth-order valence-electron chi connectivity index (χ4n) is 2.03. The van der Waals surface area contributed by atoms with Gasteiger partial charge in [-0.2, -0.15) is 0 Å². The van der Waals surface area contributed by atoms with Crippen LogP contribution in [0, 0.1) is 0 Å². The number of rotatable bonds is 2. The van der Waals surface area contributed by atoms with Crippen LogP contribution < -0.4 is 16.4 Å². The van der Waals surface area contributed by atoms with Crippen LogP contribution in [0.15, 0.2) is 52.3 Å². The van der Waals surface area contributed by atoms with Crippen molar-refractivity contribution in [3.8, 4) is 0 Å². The van der Waals surface area contributed by atoms with Gasteiger partial charge in [-0.1, -0.05) is 6.07 Å². The molecule has 0 aliphatic rings. The number of benzene rings is 1. The summed E-state index contributed by atoms with van der Waals surface area (Å²) in [6.45, 7) is 0. The fraction of sp³-hybridized carbons (Fsp3) is 0. The number of aromatic amines is 2. The van der Waals surface area contributed by atoms with Gasteiger partial charge < -0.3 is 5.32 Å². The predicted molar refractivity (Wildman–Crippen MR) is 77.4 cm³/mol. The first kappa shape index (κ1) is 12.8. The van der Waals surface area contributed by atoms with E-state index in [-0.39, 0.29) is 16.5 Å². The second-order valence-corrected chi connectivity index (χ2v) is 4.33. The van der Waals surface area contributed by atoms with Crippen molar-refractivity contribution in [3.05, 3.63) is 69.0 Å². The molecule has 0 bridgehead atoms. The molecule has 2 aromatic heterocycles. The molecule has 1 amide bonds. The summed E-state index contributed by atoms with van der Waals surface area (Å²) in [5.41, 5.74) is -0.279. The summed E-state index contributed by atoms with van der Waals surface area (Å²) < 4.78 is 0. The third kappa shape index (κ3) is 2.32. The first-order valence-electron chi connectivity index (χ1n) is 6.12. The Morgan fingerprint density at radius 1 is 1.05 bits per heavy atom. The third-order valence-electron chi connectivity index (χ3n) is 3.00. The lowest BCUT2D eigenvalue weighted by atomic mass is 10.1. The van der Waals surface area contributed by atoms with E-state index >= 15 is 0 Å². The van der Waals surface area contributed by atoms with Crippen LogP contribution in [0.4, 0.5) is 5.69 Å². The van der Waals surface area contributed by atoms with Crippen LogP contribution >= 0.6 is 0 Å². The van der Waals surface area contributed by atoms with Crippen molar-refractivity contribution < 1.29 is 4.79 Å². The highest BCUT2D eigenvalue weighted by molar-refractivity contribution is 6.08. The summed E-state index contributed by atoms with van der Waals surface area (Å²) in [6, 6.07) is 7.91. The number of fused-ring (bicyclic) bond motifs is 1. The van der Waals surface area contributed by atoms with Gasteiger partial charge in [-0.05, 0) is 24.3 Å². The predicted octanol–water partition coefficient (Wildman–Crippen LogP) is 0.864. The average Bonchev–Trinajstić information content (AvgIpc) is 2.52. The highest BCUT2D eigenvalue weighted by Crippen LogP contribution is 2.17. The molecule has 0 fully saturated rings. The Hall–Kier alpha value is -3.22. The number of aromatic nitrogens is 3. The lowest BCUT2D eigenvalue weighted by molar-refractivity contribution is 0.102. The van der Waals surface area contributed by atoms with Gasteiger partial charge >= 0.3 is 0 Å². The Kier molecular flexibility index (Phi) is 3.07. The van der Waals surface area contributed by atoms with Crippen LogP contribution in [0.2, 0.25) is 0 Å². The van der Waals surface area contributed by atoms with E-state index in [1.165, 1.54) is 12.3 Å². The molecule has 3 aromatic rings. The lowest BCUT2D eigenvalue weighted by Crippen LogP contribution is -2.21. The molecule has 0 aliphatic heterocycles. The quantitative estimate of drug-likeness (QED) is 0.648. The van der Waals surface area contributed by atoms with Gasteiger partial charge in [0.25, 0.3) is 17.0 Å². The molecule has 0 saturated heterocycles. The van der Waals surface area contributed by atoms with Crippen molar-refractivity contribution in [1.29, 1.82) is 0 Å². The van der Waals surface area contributed by atoms with Crippen molar-refractivity contribution in [2.75, 3.05) is 5.32 Å². The van der Waals surface area contributed by atoms with Crippen molar-refractivity contribution >= 4 is 22.4 Å².